The third-order valence-electron chi connectivity index (χ3n) is 2.34. The number of carbonyl (C=O) groups excluding carboxylic acids is 1. The zero-order valence-corrected chi connectivity index (χ0v) is 10.9. The summed E-state index contributed by atoms with van der Waals surface area (Å²) in [6.07, 6.45) is 1.29. The molecule has 1 amide bonds. The molecule has 0 aliphatic rings. The number of benzene rings is 1. The molecule has 0 saturated heterocycles. The summed E-state index contributed by atoms with van der Waals surface area (Å²) >= 11 is 3.02. The van der Waals surface area contributed by atoms with Gasteiger partial charge in [-0.2, -0.15) is 0 Å². The predicted molar refractivity (Wildman–Crippen MR) is 67.7 cm³/mol. The van der Waals surface area contributed by atoms with Crippen LogP contribution in [0.3, 0.4) is 0 Å². The number of amides is 1. The van der Waals surface area contributed by atoms with Crippen LogP contribution >= 0.6 is 15.9 Å². The quantitative estimate of drug-likeness (QED) is 0.907. The first-order valence-electron chi connectivity index (χ1n) is 5.07. The number of furan rings is 1. The molecule has 0 unspecified atom stereocenters. The van der Waals surface area contributed by atoms with Crippen molar-refractivity contribution in [2.45, 2.75) is 0 Å². The van der Waals surface area contributed by atoms with E-state index in [9.17, 15) is 14.0 Å². The molecule has 0 aliphatic heterocycles. The van der Waals surface area contributed by atoms with Gasteiger partial charge in [0.25, 0.3) is 5.91 Å². The van der Waals surface area contributed by atoms with Crippen molar-refractivity contribution in [3.8, 4) is 0 Å². The lowest BCUT2D eigenvalue weighted by Gasteiger charge is -2.08. The Bertz CT molecular complexity index is 653. The Labute approximate surface area is 115 Å². The van der Waals surface area contributed by atoms with Crippen molar-refractivity contribution in [2.75, 3.05) is 5.32 Å². The number of hydrogen-bond acceptors (Lipinski definition) is 3. The molecule has 1 heterocycles. The molecule has 2 rings (SSSR count). The van der Waals surface area contributed by atoms with Crippen molar-refractivity contribution < 1.29 is 23.5 Å². The van der Waals surface area contributed by atoms with Gasteiger partial charge in [-0.15, -0.1) is 0 Å². The number of rotatable bonds is 3. The number of halogens is 2. The molecule has 2 N–H and O–H groups in total. The van der Waals surface area contributed by atoms with Crippen molar-refractivity contribution in [1.82, 2.24) is 0 Å². The zero-order valence-electron chi connectivity index (χ0n) is 9.31. The number of carboxylic acid groups (broad SMARTS) is 1. The number of nitrogens with one attached hydrogen (secondary N) is 1. The summed E-state index contributed by atoms with van der Waals surface area (Å²) in [5, 5.41) is 11.3. The average molecular weight is 328 g/mol. The van der Waals surface area contributed by atoms with Crippen molar-refractivity contribution in [3.05, 3.63) is 52.1 Å². The molecule has 0 atom stereocenters. The minimum absolute atomic E-state index is 0.120. The SMILES string of the molecule is O=C(Nc1cccc(F)c1C(=O)O)c1ccoc1Br. The van der Waals surface area contributed by atoms with Crippen LogP contribution in [0.2, 0.25) is 0 Å². The standard InChI is InChI=1S/C12H7BrFNO4/c13-10-6(4-5-19-10)11(16)15-8-3-1-2-7(14)9(8)12(17)18/h1-5H,(H,15,16)(H,17,18). The molecule has 2 aromatic rings. The Balaban J connectivity index is 2.35. The first-order chi connectivity index (χ1) is 9.00. The van der Waals surface area contributed by atoms with Gasteiger partial charge in [0.15, 0.2) is 4.67 Å². The van der Waals surface area contributed by atoms with Crippen LogP contribution in [0.5, 0.6) is 0 Å². The van der Waals surface area contributed by atoms with Gasteiger partial charge in [0.2, 0.25) is 0 Å². The van der Waals surface area contributed by atoms with Gasteiger partial charge in [0, 0.05) is 0 Å². The van der Waals surface area contributed by atoms with Gasteiger partial charge in [-0.25, -0.2) is 9.18 Å². The fourth-order valence-corrected chi connectivity index (χ4v) is 1.91. The highest BCUT2D eigenvalue weighted by Gasteiger charge is 2.19. The molecule has 0 fully saturated rings. The number of anilines is 1. The molecule has 98 valence electrons. The second kappa shape index (κ2) is 5.23. The van der Waals surface area contributed by atoms with E-state index in [1.807, 2.05) is 0 Å². The molecule has 7 heteroatoms. The molecule has 0 bridgehead atoms. The van der Waals surface area contributed by atoms with Crippen LogP contribution in [0.4, 0.5) is 10.1 Å². The van der Waals surface area contributed by atoms with Gasteiger partial charge >= 0.3 is 5.97 Å². The summed E-state index contributed by atoms with van der Waals surface area (Å²) in [6.45, 7) is 0. The molecular weight excluding hydrogens is 321 g/mol. The van der Waals surface area contributed by atoms with Gasteiger partial charge in [-0.05, 0) is 34.1 Å². The number of carboxylic acids is 1. The Morgan fingerprint density at radius 3 is 2.63 bits per heavy atom. The van der Waals surface area contributed by atoms with Crippen molar-refractivity contribution in [3.63, 3.8) is 0 Å². The summed E-state index contributed by atoms with van der Waals surface area (Å²) in [4.78, 5) is 22.8. The Hall–Kier alpha value is -2.15. The summed E-state index contributed by atoms with van der Waals surface area (Å²) in [5.74, 6) is -2.98. The minimum atomic E-state index is -1.46. The zero-order chi connectivity index (χ0) is 14.0. The van der Waals surface area contributed by atoms with Crippen LogP contribution in [0, 0.1) is 5.82 Å². The van der Waals surface area contributed by atoms with Gasteiger partial charge in [-0.3, -0.25) is 4.79 Å². The van der Waals surface area contributed by atoms with Gasteiger partial charge in [0.1, 0.15) is 11.4 Å². The molecule has 0 spiro atoms. The van der Waals surface area contributed by atoms with E-state index in [0.29, 0.717) is 0 Å². The van der Waals surface area contributed by atoms with Crippen molar-refractivity contribution in [2.24, 2.45) is 0 Å². The van der Waals surface area contributed by atoms with Crippen molar-refractivity contribution >= 4 is 33.5 Å². The molecule has 0 saturated carbocycles. The Morgan fingerprint density at radius 1 is 1.32 bits per heavy atom. The molecule has 19 heavy (non-hydrogen) atoms. The van der Waals surface area contributed by atoms with E-state index in [1.165, 1.54) is 24.5 Å². The van der Waals surface area contributed by atoms with E-state index in [1.54, 1.807) is 0 Å². The minimum Gasteiger partial charge on any atom is -0.478 e. The fourth-order valence-electron chi connectivity index (χ4n) is 1.49. The third-order valence-corrected chi connectivity index (χ3v) is 2.95. The molecule has 5 nitrogen and oxygen atoms in total. The fraction of sp³-hybridized carbons (Fsp3) is 0. The lowest BCUT2D eigenvalue weighted by molar-refractivity contribution is 0.0693. The predicted octanol–water partition coefficient (Wildman–Crippen LogP) is 3.13. The molecular formula is C12H7BrFNO4. The van der Waals surface area contributed by atoms with E-state index in [2.05, 4.69) is 21.2 Å². The van der Waals surface area contributed by atoms with E-state index >= 15 is 0 Å². The van der Waals surface area contributed by atoms with E-state index in [0.717, 1.165) is 6.07 Å². The first-order valence-corrected chi connectivity index (χ1v) is 5.86. The smallest absolute Gasteiger partial charge is 0.340 e. The van der Waals surface area contributed by atoms with Crippen LogP contribution in [0.1, 0.15) is 20.7 Å². The summed E-state index contributed by atoms with van der Waals surface area (Å²) < 4.78 is 18.5. The maximum atomic E-state index is 13.4. The van der Waals surface area contributed by atoms with Gasteiger partial charge in [0.05, 0.1) is 17.5 Å². The van der Waals surface area contributed by atoms with Gasteiger partial charge in [-0.1, -0.05) is 6.07 Å². The van der Waals surface area contributed by atoms with Crippen molar-refractivity contribution in [1.29, 1.82) is 0 Å². The first kappa shape index (κ1) is 13.3. The van der Waals surface area contributed by atoms with E-state index in [-0.39, 0.29) is 15.9 Å². The number of carbonyl (C=O) groups is 2. The summed E-state index contributed by atoms with van der Waals surface area (Å²) in [5.41, 5.74) is -0.526. The highest BCUT2D eigenvalue weighted by atomic mass is 79.9. The number of hydrogen-bond donors (Lipinski definition) is 2. The van der Waals surface area contributed by atoms with Crippen LogP contribution in [0.25, 0.3) is 0 Å². The summed E-state index contributed by atoms with van der Waals surface area (Å²) in [7, 11) is 0. The van der Waals surface area contributed by atoms with Crippen LogP contribution in [-0.4, -0.2) is 17.0 Å². The lowest BCUT2D eigenvalue weighted by Crippen LogP contribution is -2.15. The highest BCUT2D eigenvalue weighted by Crippen LogP contribution is 2.22. The Kier molecular flexibility index (Phi) is 3.66. The van der Waals surface area contributed by atoms with E-state index in [4.69, 9.17) is 9.52 Å². The lowest BCUT2D eigenvalue weighted by atomic mass is 10.1. The Morgan fingerprint density at radius 2 is 2.05 bits per heavy atom. The maximum absolute atomic E-state index is 13.4. The third kappa shape index (κ3) is 2.65. The van der Waals surface area contributed by atoms with Crippen LogP contribution in [0.15, 0.2) is 39.6 Å². The second-order valence-corrected chi connectivity index (χ2v) is 4.25. The molecule has 0 radical (unpaired) electrons. The normalized spacial score (nSPS) is 10.2. The average Bonchev–Trinajstić information content (AvgIpc) is 2.75. The summed E-state index contributed by atoms with van der Waals surface area (Å²) in [6, 6.07) is 5.02. The van der Waals surface area contributed by atoms with E-state index < -0.39 is 23.3 Å². The molecule has 0 aliphatic carbocycles. The highest BCUT2D eigenvalue weighted by molar-refractivity contribution is 9.10. The molecule has 1 aromatic heterocycles. The second-order valence-electron chi connectivity index (χ2n) is 3.53. The molecule has 1 aromatic carbocycles. The topological polar surface area (TPSA) is 79.5 Å². The monoisotopic (exact) mass is 327 g/mol. The maximum Gasteiger partial charge on any atom is 0.340 e. The van der Waals surface area contributed by atoms with Gasteiger partial charge < -0.3 is 14.8 Å². The van der Waals surface area contributed by atoms with Crippen LogP contribution < -0.4 is 5.32 Å². The van der Waals surface area contributed by atoms with Crippen LogP contribution in [-0.2, 0) is 0 Å². The largest absolute Gasteiger partial charge is 0.478 e. The number of aromatic carboxylic acids is 1.